The molecule has 9 heteroatoms. The number of halogens is 1. The number of hydrogen-bond acceptors (Lipinski definition) is 5. The molecule has 1 saturated heterocycles. The summed E-state index contributed by atoms with van der Waals surface area (Å²) in [6, 6.07) is 15.9. The highest BCUT2D eigenvalue weighted by Gasteiger charge is 2.25. The summed E-state index contributed by atoms with van der Waals surface area (Å²) >= 11 is 0. The molecule has 0 unspecified atom stereocenters. The highest BCUT2D eigenvalue weighted by molar-refractivity contribution is 7.89. The average Bonchev–Trinajstić information content (AvgIpc) is 2.89. The lowest BCUT2D eigenvalue weighted by atomic mass is 10.1. The Kier molecular flexibility index (Phi) is 8.09. The summed E-state index contributed by atoms with van der Waals surface area (Å²) < 4.78 is 45.6. The Hall–Kier alpha value is -3.30. The number of benzene rings is 2. The third-order valence-corrected chi connectivity index (χ3v) is 7.75. The van der Waals surface area contributed by atoms with E-state index < -0.39 is 10.0 Å². The van der Waals surface area contributed by atoms with Crippen molar-refractivity contribution in [3.8, 4) is 11.6 Å². The minimum absolute atomic E-state index is 0.110. The van der Waals surface area contributed by atoms with Gasteiger partial charge in [0.25, 0.3) is 0 Å². The van der Waals surface area contributed by atoms with Crippen molar-refractivity contribution in [3.05, 3.63) is 83.8 Å². The van der Waals surface area contributed by atoms with Crippen molar-refractivity contribution in [2.75, 3.05) is 13.1 Å². The van der Waals surface area contributed by atoms with E-state index in [4.69, 9.17) is 4.74 Å². The van der Waals surface area contributed by atoms with Crippen LogP contribution in [0.3, 0.4) is 0 Å². The molecule has 184 valence electrons. The predicted octanol–water partition coefficient (Wildman–Crippen LogP) is 4.44. The monoisotopic (exact) mass is 497 g/mol. The molecular weight excluding hydrogens is 469 g/mol. The first kappa shape index (κ1) is 24.8. The largest absolute Gasteiger partial charge is 0.439 e. The molecule has 1 aliphatic rings. The van der Waals surface area contributed by atoms with Crippen LogP contribution in [0.4, 0.5) is 4.39 Å². The maximum absolute atomic E-state index is 13.0. The molecule has 2 heterocycles. The molecular formula is C26H28FN3O4S. The van der Waals surface area contributed by atoms with Gasteiger partial charge in [-0.3, -0.25) is 4.79 Å². The fourth-order valence-electron chi connectivity index (χ4n) is 3.83. The molecule has 1 fully saturated rings. The Morgan fingerprint density at radius 1 is 0.943 bits per heavy atom. The molecule has 4 rings (SSSR count). The van der Waals surface area contributed by atoms with E-state index in [-0.39, 0.29) is 18.1 Å². The Labute approximate surface area is 205 Å². The second-order valence-electron chi connectivity index (χ2n) is 8.45. The maximum Gasteiger partial charge on any atom is 0.243 e. The van der Waals surface area contributed by atoms with Gasteiger partial charge >= 0.3 is 0 Å². The number of hydrogen-bond donors (Lipinski definition) is 1. The van der Waals surface area contributed by atoms with Gasteiger partial charge in [-0.25, -0.2) is 17.8 Å². The van der Waals surface area contributed by atoms with Crippen LogP contribution in [0.25, 0.3) is 0 Å². The van der Waals surface area contributed by atoms with E-state index in [1.54, 1.807) is 46.9 Å². The van der Waals surface area contributed by atoms with Crippen molar-refractivity contribution < 1.29 is 22.3 Å². The van der Waals surface area contributed by atoms with Crippen LogP contribution in [-0.2, 0) is 27.8 Å². The summed E-state index contributed by atoms with van der Waals surface area (Å²) in [7, 11) is -3.45. The van der Waals surface area contributed by atoms with Crippen LogP contribution in [0, 0.1) is 5.82 Å². The molecule has 1 N–H and O–H groups in total. The number of aryl methyl sites for hydroxylation is 1. The molecule has 0 aliphatic carbocycles. The van der Waals surface area contributed by atoms with Crippen LogP contribution in [0.2, 0.25) is 0 Å². The number of carbonyl (C=O) groups is 1. The first-order valence-electron chi connectivity index (χ1n) is 11.6. The molecule has 1 aliphatic heterocycles. The minimum atomic E-state index is -3.45. The van der Waals surface area contributed by atoms with Gasteiger partial charge in [0.1, 0.15) is 11.6 Å². The highest BCUT2D eigenvalue weighted by atomic mass is 32.2. The quantitative estimate of drug-likeness (QED) is 0.472. The first-order valence-corrected chi connectivity index (χ1v) is 13.1. The van der Waals surface area contributed by atoms with E-state index in [2.05, 4.69) is 10.3 Å². The van der Waals surface area contributed by atoms with Gasteiger partial charge in [-0.1, -0.05) is 24.6 Å². The summed E-state index contributed by atoms with van der Waals surface area (Å²) in [4.78, 5) is 16.8. The van der Waals surface area contributed by atoms with Gasteiger partial charge in [0.2, 0.25) is 21.8 Å². The van der Waals surface area contributed by atoms with Crippen molar-refractivity contribution >= 4 is 15.9 Å². The second-order valence-corrected chi connectivity index (χ2v) is 10.4. The van der Waals surface area contributed by atoms with Crippen LogP contribution in [0.1, 0.15) is 36.8 Å². The summed E-state index contributed by atoms with van der Waals surface area (Å²) in [6.07, 6.45) is 5.28. The number of aromatic nitrogens is 1. The Morgan fingerprint density at radius 3 is 2.29 bits per heavy atom. The van der Waals surface area contributed by atoms with Crippen LogP contribution < -0.4 is 10.1 Å². The van der Waals surface area contributed by atoms with Crippen LogP contribution >= 0.6 is 0 Å². The lowest BCUT2D eigenvalue weighted by Crippen LogP contribution is -2.35. The SMILES string of the molecule is O=C(CCc1ccc(S(=O)(=O)N2CCCCC2)cc1)NCc1ccc(Oc2ccc(F)cc2)nc1. The molecule has 2 aromatic carbocycles. The average molecular weight is 498 g/mol. The molecule has 7 nitrogen and oxygen atoms in total. The number of piperidine rings is 1. The van der Waals surface area contributed by atoms with Crippen LogP contribution in [-0.4, -0.2) is 36.7 Å². The number of carbonyl (C=O) groups excluding carboxylic acids is 1. The zero-order valence-electron chi connectivity index (χ0n) is 19.3. The summed E-state index contributed by atoms with van der Waals surface area (Å²) in [5.74, 6) is 0.408. The molecule has 0 bridgehead atoms. The minimum Gasteiger partial charge on any atom is -0.439 e. The number of nitrogens with one attached hydrogen (secondary N) is 1. The standard InChI is InChI=1S/C26H28FN3O4S/c27-22-8-10-23(11-9-22)34-26-15-7-21(19-29-26)18-28-25(31)14-6-20-4-12-24(13-5-20)35(32,33)30-16-2-1-3-17-30/h4-5,7-13,15,19H,1-3,6,14,16-18H2,(H,28,31). The van der Waals surface area contributed by atoms with Crippen molar-refractivity contribution in [2.45, 2.75) is 43.5 Å². The lowest BCUT2D eigenvalue weighted by Gasteiger charge is -2.25. The molecule has 3 aromatic rings. The Bertz CT molecular complexity index is 1230. The fourth-order valence-corrected chi connectivity index (χ4v) is 5.35. The Morgan fingerprint density at radius 2 is 1.63 bits per heavy atom. The zero-order valence-corrected chi connectivity index (χ0v) is 20.1. The van der Waals surface area contributed by atoms with Gasteiger partial charge in [-0.15, -0.1) is 0 Å². The summed E-state index contributed by atoms with van der Waals surface area (Å²) in [5, 5.41) is 2.86. The molecule has 0 spiro atoms. The Balaban J connectivity index is 1.22. The van der Waals surface area contributed by atoms with E-state index in [1.165, 1.54) is 24.3 Å². The predicted molar refractivity (Wildman–Crippen MR) is 130 cm³/mol. The van der Waals surface area contributed by atoms with Gasteiger partial charge in [0, 0.05) is 38.3 Å². The van der Waals surface area contributed by atoms with Gasteiger partial charge in [0.05, 0.1) is 4.90 Å². The second kappa shape index (κ2) is 11.4. The molecule has 35 heavy (non-hydrogen) atoms. The van der Waals surface area contributed by atoms with E-state index >= 15 is 0 Å². The molecule has 1 amide bonds. The van der Waals surface area contributed by atoms with E-state index in [9.17, 15) is 17.6 Å². The van der Waals surface area contributed by atoms with E-state index in [0.717, 1.165) is 30.4 Å². The summed E-state index contributed by atoms with van der Waals surface area (Å²) in [6.45, 7) is 1.48. The van der Waals surface area contributed by atoms with Gasteiger partial charge in [-0.2, -0.15) is 4.31 Å². The fraction of sp³-hybridized carbons (Fsp3) is 0.308. The lowest BCUT2D eigenvalue weighted by molar-refractivity contribution is -0.121. The highest BCUT2D eigenvalue weighted by Crippen LogP contribution is 2.22. The molecule has 0 radical (unpaired) electrons. The molecule has 0 saturated carbocycles. The maximum atomic E-state index is 13.0. The van der Waals surface area contributed by atoms with Crippen LogP contribution in [0.5, 0.6) is 11.6 Å². The van der Waals surface area contributed by atoms with Crippen molar-refractivity contribution in [3.63, 3.8) is 0 Å². The smallest absolute Gasteiger partial charge is 0.243 e. The van der Waals surface area contributed by atoms with Crippen molar-refractivity contribution in [1.29, 1.82) is 0 Å². The number of sulfonamides is 1. The molecule has 1 aromatic heterocycles. The number of amides is 1. The number of rotatable bonds is 9. The normalized spacial score (nSPS) is 14.4. The zero-order chi connectivity index (χ0) is 24.7. The number of nitrogens with zero attached hydrogens (tertiary/aromatic N) is 2. The molecule has 0 atom stereocenters. The number of pyridine rings is 1. The third-order valence-electron chi connectivity index (χ3n) is 5.84. The van der Waals surface area contributed by atoms with Crippen molar-refractivity contribution in [2.24, 2.45) is 0 Å². The van der Waals surface area contributed by atoms with Crippen molar-refractivity contribution in [1.82, 2.24) is 14.6 Å². The van der Waals surface area contributed by atoms with E-state index in [0.29, 0.717) is 42.6 Å². The summed E-state index contributed by atoms with van der Waals surface area (Å²) in [5.41, 5.74) is 1.72. The first-order chi connectivity index (χ1) is 16.9. The van der Waals surface area contributed by atoms with Gasteiger partial charge < -0.3 is 10.1 Å². The third kappa shape index (κ3) is 6.86. The van der Waals surface area contributed by atoms with Gasteiger partial charge in [-0.05, 0) is 66.8 Å². The van der Waals surface area contributed by atoms with Crippen LogP contribution in [0.15, 0.2) is 71.8 Å². The van der Waals surface area contributed by atoms with Gasteiger partial charge in [0.15, 0.2) is 0 Å². The number of ether oxygens (including phenoxy) is 1. The topological polar surface area (TPSA) is 88.6 Å². The van der Waals surface area contributed by atoms with E-state index in [1.807, 2.05) is 0 Å².